The molecule has 0 spiro atoms. The van der Waals surface area contributed by atoms with Gasteiger partial charge in [-0.25, -0.2) is 4.39 Å². The van der Waals surface area contributed by atoms with E-state index in [2.05, 4.69) is 12.2 Å². The van der Waals surface area contributed by atoms with Gasteiger partial charge in [0.2, 0.25) is 5.91 Å². The zero-order valence-corrected chi connectivity index (χ0v) is 10.6. The van der Waals surface area contributed by atoms with Crippen molar-refractivity contribution in [3.8, 4) is 0 Å². The molecule has 0 saturated heterocycles. The van der Waals surface area contributed by atoms with E-state index in [1.165, 1.54) is 31.0 Å². The maximum Gasteiger partial charge on any atom is 0.248 e. The molecule has 18 heavy (non-hydrogen) atoms. The van der Waals surface area contributed by atoms with E-state index in [1.54, 1.807) is 0 Å². The SMILES string of the molecule is CC1CCCC1NCc1cc(C(N)=O)ccc1F. The van der Waals surface area contributed by atoms with E-state index < -0.39 is 5.91 Å². The van der Waals surface area contributed by atoms with Gasteiger partial charge in [-0.2, -0.15) is 0 Å². The third kappa shape index (κ3) is 2.88. The van der Waals surface area contributed by atoms with E-state index in [-0.39, 0.29) is 5.82 Å². The fourth-order valence-electron chi connectivity index (χ4n) is 2.55. The quantitative estimate of drug-likeness (QED) is 0.860. The fourth-order valence-corrected chi connectivity index (χ4v) is 2.55. The third-order valence-electron chi connectivity index (χ3n) is 3.75. The fraction of sp³-hybridized carbons (Fsp3) is 0.500. The van der Waals surface area contributed by atoms with Crippen LogP contribution in [-0.4, -0.2) is 11.9 Å². The molecule has 0 bridgehead atoms. The predicted octanol–water partition coefficient (Wildman–Crippen LogP) is 2.20. The van der Waals surface area contributed by atoms with Gasteiger partial charge in [0.25, 0.3) is 0 Å². The average molecular weight is 250 g/mol. The molecule has 98 valence electrons. The van der Waals surface area contributed by atoms with Crippen molar-refractivity contribution in [3.05, 3.63) is 35.1 Å². The van der Waals surface area contributed by atoms with Gasteiger partial charge in [0.1, 0.15) is 5.82 Å². The summed E-state index contributed by atoms with van der Waals surface area (Å²) in [5.41, 5.74) is 6.05. The molecule has 1 amide bonds. The second-order valence-electron chi connectivity index (χ2n) is 5.07. The Morgan fingerprint density at radius 2 is 2.28 bits per heavy atom. The average Bonchev–Trinajstić information content (AvgIpc) is 2.73. The van der Waals surface area contributed by atoms with Gasteiger partial charge in [0, 0.05) is 23.7 Å². The lowest BCUT2D eigenvalue weighted by Crippen LogP contribution is -2.31. The van der Waals surface area contributed by atoms with Crippen molar-refractivity contribution in [2.45, 2.75) is 38.8 Å². The topological polar surface area (TPSA) is 55.1 Å². The molecule has 1 saturated carbocycles. The molecule has 2 atom stereocenters. The van der Waals surface area contributed by atoms with Crippen molar-refractivity contribution < 1.29 is 9.18 Å². The number of benzene rings is 1. The van der Waals surface area contributed by atoms with Crippen LogP contribution in [0.1, 0.15) is 42.1 Å². The minimum absolute atomic E-state index is 0.293. The number of carbonyl (C=O) groups excluding carboxylic acids is 1. The molecule has 3 N–H and O–H groups in total. The summed E-state index contributed by atoms with van der Waals surface area (Å²) in [6.45, 7) is 2.66. The highest BCUT2D eigenvalue weighted by Gasteiger charge is 2.22. The molecule has 0 aliphatic heterocycles. The summed E-state index contributed by atoms with van der Waals surface area (Å²) in [5.74, 6) is -0.184. The highest BCUT2D eigenvalue weighted by Crippen LogP contribution is 2.25. The molecular weight excluding hydrogens is 231 g/mol. The van der Waals surface area contributed by atoms with Gasteiger partial charge in [-0.05, 0) is 37.0 Å². The summed E-state index contributed by atoms with van der Waals surface area (Å²) < 4.78 is 13.6. The summed E-state index contributed by atoms with van der Waals surface area (Å²) in [4.78, 5) is 11.1. The van der Waals surface area contributed by atoms with Crippen LogP contribution in [0.15, 0.2) is 18.2 Å². The molecule has 0 heterocycles. The van der Waals surface area contributed by atoms with Gasteiger partial charge in [-0.15, -0.1) is 0 Å². The maximum atomic E-state index is 13.6. The molecule has 2 unspecified atom stereocenters. The van der Waals surface area contributed by atoms with Crippen LogP contribution in [0, 0.1) is 11.7 Å². The lowest BCUT2D eigenvalue weighted by Gasteiger charge is -2.17. The zero-order valence-electron chi connectivity index (χ0n) is 10.6. The molecular formula is C14H19FN2O. The number of rotatable bonds is 4. The predicted molar refractivity (Wildman–Crippen MR) is 68.6 cm³/mol. The van der Waals surface area contributed by atoms with Crippen LogP contribution in [0.5, 0.6) is 0 Å². The molecule has 0 aromatic heterocycles. The van der Waals surface area contributed by atoms with Crippen molar-refractivity contribution in [1.29, 1.82) is 0 Å². The lowest BCUT2D eigenvalue weighted by molar-refractivity contribution is 0.1000. The van der Waals surface area contributed by atoms with Crippen molar-refractivity contribution in [3.63, 3.8) is 0 Å². The second-order valence-corrected chi connectivity index (χ2v) is 5.07. The van der Waals surface area contributed by atoms with Crippen LogP contribution in [0.25, 0.3) is 0 Å². The van der Waals surface area contributed by atoms with E-state index in [0.717, 1.165) is 6.42 Å². The number of hydrogen-bond acceptors (Lipinski definition) is 2. The Hall–Kier alpha value is -1.42. The summed E-state index contributed by atoms with van der Waals surface area (Å²) in [6.07, 6.45) is 3.59. The minimum Gasteiger partial charge on any atom is -0.366 e. The number of nitrogens with one attached hydrogen (secondary N) is 1. The van der Waals surface area contributed by atoms with Crippen LogP contribution in [0.4, 0.5) is 4.39 Å². The molecule has 1 aromatic carbocycles. The van der Waals surface area contributed by atoms with Crippen LogP contribution in [-0.2, 0) is 6.54 Å². The van der Waals surface area contributed by atoms with Crippen molar-refractivity contribution in [1.82, 2.24) is 5.32 Å². The Labute approximate surface area is 107 Å². The third-order valence-corrected chi connectivity index (χ3v) is 3.75. The number of carbonyl (C=O) groups is 1. The molecule has 1 aliphatic rings. The van der Waals surface area contributed by atoms with E-state index in [0.29, 0.717) is 29.6 Å². The van der Waals surface area contributed by atoms with Crippen LogP contribution in [0.3, 0.4) is 0 Å². The summed E-state index contributed by atoms with van der Waals surface area (Å²) >= 11 is 0. The second kappa shape index (κ2) is 5.48. The molecule has 1 aromatic rings. The monoisotopic (exact) mass is 250 g/mol. The summed E-state index contributed by atoms with van der Waals surface area (Å²) in [7, 11) is 0. The number of primary amides is 1. The molecule has 1 aliphatic carbocycles. The molecule has 4 heteroatoms. The zero-order chi connectivity index (χ0) is 13.1. The summed E-state index contributed by atoms with van der Waals surface area (Å²) in [5, 5.41) is 3.36. The van der Waals surface area contributed by atoms with Crippen LogP contribution < -0.4 is 11.1 Å². The smallest absolute Gasteiger partial charge is 0.248 e. The summed E-state index contributed by atoms with van der Waals surface area (Å²) in [6, 6.07) is 4.69. The van der Waals surface area contributed by atoms with Gasteiger partial charge in [0.15, 0.2) is 0 Å². The highest BCUT2D eigenvalue weighted by molar-refractivity contribution is 5.92. The first-order valence-corrected chi connectivity index (χ1v) is 6.39. The van der Waals surface area contributed by atoms with Crippen LogP contribution >= 0.6 is 0 Å². The standard InChI is InChI=1S/C14H19FN2O/c1-9-3-2-4-13(9)17-8-11-7-10(14(16)18)5-6-12(11)15/h5-7,9,13,17H,2-4,8H2,1H3,(H2,16,18). The Morgan fingerprint density at radius 1 is 1.50 bits per heavy atom. The first kappa shape index (κ1) is 13.0. The first-order valence-electron chi connectivity index (χ1n) is 6.39. The lowest BCUT2D eigenvalue weighted by atomic mass is 10.1. The first-order chi connectivity index (χ1) is 8.58. The molecule has 3 nitrogen and oxygen atoms in total. The van der Waals surface area contributed by atoms with Crippen LogP contribution in [0.2, 0.25) is 0 Å². The molecule has 0 radical (unpaired) electrons. The number of amides is 1. The van der Waals surface area contributed by atoms with Crippen molar-refractivity contribution >= 4 is 5.91 Å². The molecule has 2 rings (SSSR count). The minimum atomic E-state index is -0.523. The normalized spacial score (nSPS) is 23.2. The molecule has 1 fully saturated rings. The number of hydrogen-bond donors (Lipinski definition) is 2. The van der Waals surface area contributed by atoms with Gasteiger partial charge >= 0.3 is 0 Å². The van der Waals surface area contributed by atoms with Gasteiger partial charge in [-0.3, -0.25) is 4.79 Å². The Morgan fingerprint density at radius 3 is 2.89 bits per heavy atom. The van der Waals surface area contributed by atoms with Gasteiger partial charge in [0.05, 0.1) is 0 Å². The Bertz CT molecular complexity index is 447. The number of nitrogens with two attached hydrogens (primary N) is 1. The van der Waals surface area contributed by atoms with E-state index in [1.807, 2.05) is 0 Å². The number of halogens is 1. The largest absolute Gasteiger partial charge is 0.366 e. The van der Waals surface area contributed by atoms with Gasteiger partial charge < -0.3 is 11.1 Å². The van der Waals surface area contributed by atoms with Gasteiger partial charge in [-0.1, -0.05) is 13.3 Å². The Kier molecular flexibility index (Phi) is 3.97. The van der Waals surface area contributed by atoms with E-state index in [4.69, 9.17) is 5.73 Å². The van der Waals surface area contributed by atoms with Crippen molar-refractivity contribution in [2.75, 3.05) is 0 Å². The van der Waals surface area contributed by atoms with E-state index >= 15 is 0 Å². The highest BCUT2D eigenvalue weighted by atomic mass is 19.1. The maximum absolute atomic E-state index is 13.6. The van der Waals surface area contributed by atoms with E-state index in [9.17, 15) is 9.18 Å². The Balaban J connectivity index is 2.04. The van der Waals surface area contributed by atoms with Crippen molar-refractivity contribution in [2.24, 2.45) is 11.7 Å².